The maximum Gasteiger partial charge on any atom is 0.0402 e. The minimum atomic E-state index is -2.33. The zero-order chi connectivity index (χ0) is 8.99. The van der Waals surface area contributed by atoms with Crippen molar-refractivity contribution in [3.63, 3.8) is 0 Å². The van der Waals surface area contributed by atoms with Gasteiger partial charge in [-0.05, 0) is 20.0 Å². The second kappa shape index (κ2) is 49.7. The van der Waals surface area contributed by atoms with Gasteiger partial charge in [0.2, 0.25) is 0 Å². The van der Waals surface area contributed by atoms with Gasteiger partial charge in [-0.25, -0.2) is 0 Å². The summed E-state index contributed by atoms with van der Waals surface area (Å²) in [5.41, 5.74) is 0. The number of aliphatic hydroxyl groups excluding tert-OH is 2. The smallest absolute Gasteiger partial charge is 0.0402 e. The summed E-state index contributed by atoms with van der Waals surface area (Å²) in [5.74, 6) is 0. The van der Waals surface area contributed by atoms with E-state index in [0.29, 0.717) is 0 Å². The molecule has 0 aromatic rings. The molecular formula is C5H20N2O5. The minimum Gasteiger partial charge on any atom is -0.652 e. The lowest BCUT2D eigenvalue weighted by molar-refractivity contribution is -0.415. The Balaban J connectivity index is -0.0000000191. The fraction of sp³-hybridized carbons (Fsp3) is 0.800. The Labute approximate surface area is 71.8 Å². The van der Waals surface area contributed by atoms with E-state index in [0.717, 1.165) is 0 Å². The fourth-order valence-electron chi connectivity index (χ4n) is 0. The van der Waals surface area contributed by atoms with Crippen molar-refractivity contribution in [3.05, 3.63) is 0 Å². The number of aliphatic hydroxyl groups is 2. The predicted molar refractivity (Wildman–Crippen MR) is 42.9 cm³/mol. The number of carbonyl (C=O) groups excluding carboxylic acids is 1. The van der Waals surface area contributed by atoms with Gasteiger partial charge in [0.1, 0.15) is 0 Å². The van der Waals surface area contributed by atoms with Gasteiger partial charge >= 0.3 is 0 Å². The zero-order valence-corrected chi connectivity index (χ0v) is 8.03. The summed E-state index contributed by atoms with van der Waals surface area (Å²) in [4.78, 5) is 8.33. The molecule has 7 nitrogen and oxygen atoms in total. The van der Waals surface area contributed by atoms with Crippen LogP contribution in [-0.2, 0) is 0 Å². The summed E-state index contributed by atoms with van der Waals surface area (Å²) >= 11 is 0. The van der Waals surface area contributed by atoms with Gasteiger partial charge in [0, 0.05) is 13.2 Å². The third-order valence-electron chi connectivity index (χ3n) is 0. The zero-order valence-electron chi connectivity index (χ0n) is 8.03. The Morgan fingerprint density at radius 3 is 1.08 bits per heavy atom. The molecule has 0 rings (SSSR count). The highest BCUT2D eigenvalue weighted by Gasteiger charge is 1.34. The van der Waals surface area contributed by atoms with Crippen molar-refractivity contribution in [1.82, 2.24) is 12.3 Å². The van der Waals surface area contributed by atoms with Gasteiger partial charge in [-0.15, -0.1) is 0 Å². The number of hydrogen-bond donors (Lipinski definition) is 4. The average molecular weight is 188 g/mol. The van der Waals surface area contributed by atoms with Gasteiger partial charge < -0.3 is 37.5 Å². The molecule has 0 spiro atoms. The molecule has 0 saturated heterocycles. The Morgan fingerprint density at radius 1 is 1.08 bits per heavy atom. The number of rotatable bonds is 0. The summed E-state index contributed by atoms with van der Waals surface area (Å²) in [5, 5.41) is 31.8. The lowest BCUT2D eigenvalue weighted by atomic mass is 10.9. The first-order valence-electron chi connectivity index (χ1n) is 2.66. The number of carboxylic acid groups (broad SMARTS) is 2. The SMILES string of the molecule is CCO.CCO.O=C([O-])[O-].[NH4+].[NH4+]. The van der Waals surface area contributed by atoms with Gasteiger partial charge in [-0.1, -0.05) is 0 Å². The van der Waals surface area contributed by atoms with Gasteiger partial charge in [0.15, 0.2) is 0 Å². The highest BCUT2D eigenvalue weighted by atomic mass is 16.6. The van der Waals surface area contributed by atoms with E-state index in [1.165, 1.54) is 0 Å². The van der Waals surface area contributed by atoms with Crippen LogP contribution in [-0.4, -0.2) is 29.6 Å². The Morgan fingerprint density at radius 2 is 1.08 bits per heavy atom. The highest BCUT2D eigenvalue weighted by molar-refractivity contribution is 5.47. The van der Waals surface area contributed by atoms with Crippen LogP contribution in [0.2, 0.25) is 0 Å². The Hall–Kier alpha value is -0.890. The lowest BCUT2D eigenvalue weighted by Crippen LogP contribution is -2.37. The van der Waals surface area contributed by atoms with Crippen molar-refractivity contribution in [3.8, 4) is 0 Å². The first-order valence-corrected chi connectivity index (χ1v) is 2.66. The quantitative estimate of drug-likeness (QED) is 0.353. The van der Waals surface area contributed by atoms with E-state index in [1.54, 1.807) is 13.8 Å². The van der Waals surface area contributed by atoms with E-state index in [-0.39, 0.29) is 25.5 Å². The van der Waals surface area contributed by atoms with Crippen LogP contribution in [0.3, 0.4) is 0 Å². The Kier molecular flexibility index (Phi) is 126. The molecule has 0 radical (unpaired) electrons. The molecule has 7 heteroatoms. The van der Waals surface area contributed by atoms with Crippen molar-refractivity contribution in [2.75, 3.05) is 13.2 Å². The summed E-state index contributed by atoms with van der Waals surface area (Å²) in [7, 11) is 0. The van der Waals surface area contributed by atoms with E-state index in [2.05, 4.69) is 0 Å². The van der Waals surface area contributed by atoms with Gasteiger partial charge in [-0.3, -0.25) is 0 Å². The molecule has 0 aromatic heterocycles. The number of quaternary nitrogens is 2. The van der Waals surface area contributed by atoms with Crippen LogP contribution >= 0.6 is 0 Å². The maximum absolute atomic E-state index is 8.33. The first kappa shape index (κ1) is 30.4. The topological polar surface area (TPSA) is 177 Å². The van der Waals surface area contributed by atoms with Gasteiger partial charge in [0.05, 0.1) is 0 Å². The first-order chi connectivity index (χ1) is 4.56. The summed E-state index contributed by atoms with van der Waals surface area (Å²) in [6.07, 6.45) is -2.33. The van der Waals surface area contributed by atoms with Gasteiger partial charge in [0.25, 0.3) is 0 Å². The number of hydrogen-bond acceptors (Lipinski definition) is 5. The molecule has 12 heavy (non-hydrogen) atoms. The molecule has 0 amide bonds. The third-order valence-corrected chi connectivity index (χ3v) is 0. The van der Waals surface area contributed by atoms with Crippen molar-refractivity contribution in [1.29, 1.82) is 0 Å². The molecule has 10 N–H and O–H groups in total. The van der Waals surface area contributed by atoms with Crippen molar-refractivity contribution in [2.24, 2.45) is 0 Å². The van der Waals surface area contributed by atoms with Crippen LogP contribution in [0.25, 0.3) is 0 Å². The summed E-state index contributed by atoms with van der Waals surface area (Å²) in [6.45, 7) is 3.86. The molecule has 0 atom stereocenters. The molecule has 0 aliphatic heterocycles. The molecule has 0 saturated carbocycles. The molecule has 80 valence electrons. The third kappa shape index (κ3) is 756. The largest absolute Gasteiger partial charge is 0.652 e. The van der Waals surface area contributed by atoms with E-state index in [4.69, 9.17) is 25.2 Å². The molecule has 0 aliphatic rings. The molecule has 0 aliphatic carbocycles. The predicted octanol–water partition coefficient (Wildman–Crippen LogP) is -1.70. The maximum atomic E-state index is 8.33. The molecule has 0 aromatic carbocycles. The highest BCUT2D eigenvalue weighted by Crippen LogP contribution is 1.30. The number of carbonyl (C=O) groups is 1. The summed E-state index contributed by atoms with van der Waals surface area (Å²) < 4.78 is 0. The lowest BCUT2D eigenvalue weighted by Gasteiger charge is -1.96. The second-order valence-electron chi connectivity index (χ2n) is 0.882. The van der Waals surface area contributed by atoms with Crippen LogP contribution < -0.4 is 22.5 Å². The van der Waals surface area contributed by atoms with E-state index in [1.807, 2.05) is 0 Å². The summed E-state index contributed by atoms with van der Waals surface area (Å²) in [6, 6.07) is 0. The van der Waals surface area contributed by atoms with Crippen molar-refractivity contribution in [2.45, 2.75) is 13.8 Å². The fourth-order valence-corrected chi connectivity index (χ4v) is 0. The van der Waals surface area contributed by atoms with Crippen LogP contribution in [0, 0.1) is 0 Å². The molecule has 0 unspecified atom stereocenters. The van der Waals surface area contributed by atoms with E-state index < -0.39 is 6.16 Å². The van der Waals surface area contributed by atoms with Crippen LogP contribution in [0.1, 0.15) is 13.8 Å². The van der Waals surface area contributed by atoms with E-state index >= 15 is 0 Å². The second-order valence-corrected chi connectivity index (χ2v) is 0.882. The molecule has 0 bridgehead atoms. The van der Waals surface area contributed by atoms with Crippen LogP contribution in [0.4, 0.5) is 4.79 Å². The monoisotopic (exact) mass is 188 g/mol. The van der Waals surface area contributed by atoms with Crippen molar-refractivity contribution >= 4 is 6.16 Å². The molecule has 0 fully saturated rings. The van der Waals surface area contributed by atoms with Gasteiger partial charge in [-0.2, -0.15) is 0 Å². The van der Waals surface area contributed by atoms with Crippen LogP contribution in [0.15, 0.2) is 0 Å². The Bertz CT molecular complexity index is 55.8. The van der Waals surface area contributed by atoms with Crippen molar-refractivity contribution < 1.29 is 25.2 Å². The molecule has 0 heterocycles. The van der Waals surface area contributed by atoms with Crippen LogP contribution in [0.5, 0.6) is 0 Å². The normalized spacial score (nSPS) is 5.00. The standard InChI is InChI=1S/2C2H6O.CH2O3.2H3N/c2*1-2-3;2-1(3)4;;/h2*3H,2H2,1H3;(H2,2,3,4);2*1H3. The minimum absolute atomic E-state index is 0. The average Bonchev–Trinajstić information content (AvgIpc) is 1.65. The van der Waals surface area contributed by atoms with E-state index in [9.17, 15) is 0 Å². The molecular weight excluding hydrogens is 168 g/mol.